The van der Waals surface area contributed by atoms with Crippen LogP contribution in [0.25, 0.3) is 0 Å². The number of ether oxygens (including phenoxy) is 1. The molecule has 0 aromatic carbocycles. The van der Waals surface area contributed by atoms with Crippen LogP contribution >= 0.6 is 0 Å². The highest BCUT2D eigenvalue weighted by atomic mass is 16.5. The molecule has 2 saturated heterocycles. The molecule has 3 aliphatic rings. The Labute approximate surface area is 76.4 Å². The standard InChI is InChI=1S/C10H12O3/c1-10-3-2-7(13-10)8-5(11)4-6(12)9(8)10/h7-9H,2-4H2,1H3/t7?,8-,9-,10+/m0/s1. The average molecular weight is 180 g/mol. The topological polar surface area (TPSA) is 43.4 Å². The lowest BCUT2D eigenvalue weighted by Gasteiger charge is -2.26. The van der Waals surface area contributed by atoms with E-state index in [1.807, 2.05) is 6.92 Å². The normalized spacial score (nSPS) is 53.2. The van der Waals surface area contributed by atoms with Gasteiger partial charge in [-0.1, -0.05) is 0 Å². The molecule has 2 aliphatic heterocycles. The summed E-state index contributed by atoms with van der Waals surface area (Å²) < 4.78 is 5.73. The quantitative estimate of drug-likeness (QED) is 0.516. The van der Waals surface area contributed by atoms with Gasteiger partial charge in [-0.2, -0.15) is 0 Å². The highest BCUT2D eigenvalue weighted by molar-refractivity contribution is 6.10. The number of hydrogen-bond acceptors (Lipinski definition) is 3. The molecule has 3 heteroatoms. The zero-order valence-electron chi connectivity index (χ0n) is 7.58. The van der Waals surface area contributed by atoms with E-state index in [1.54, 1.807) is 0 Å². The van der Waals surface area contributed by atoms with Gasteiger partial charge in [-0.05, 0) is 19.8 Å². The van der Waals surface area contributed by atoms with E-state index in [9.17, 15) is 9.59 Å². The Hall–Kier alpha value is -0.700. The molecule has 0 spiro atoms. The number of rotatable bonds is 0. The molecule has 3 rings (SSSR count). The van der Waals surface area contributed by atoms with Crippen molar-refractivity contribution in [3.8, 4) is 0 Å². The van der Waals surface area contributed by atoms with Gasteiger partial charge < -0.3 is 4.74 Å². The Morgan fingerprint density at radius 2 is 2.15 bits per heavy atom. The first kappa shape index (κ1) is 7.68. The molecule has 0 aromatic rings. The molecule has 0 amide bonds. The van der Waals surface area contributed by atoms with Gasteiger partial charge in [-0.15, -0.1) is 0 Å². The van der Waals surface area contributed by atoms with E-state index < -0.39 is 0 Å². The van der Waals surface area contributed by atoms with Crippen LogP contribution in [0.2, 0.25) is 0 Å². The molecule has 3 nitrogen and oxygen atoms in total. The van der Waals surface area contributed by atoms with Crippen LogP contribution in [0.15, 0.2) is 0 Å². The minimum absolute atomic E-state index is 0.0500. The molecular weight excluding hydrogens is 168 g/mol. The molecule has 1 aliphatic carbocycles. The third-order valence-corrected chi connectivity index (χ3v) is 3.83. The highest BCUT2D eigenvalue weighted by Gasteiger charge is 2.64. The first-order chi connectivity index (χ1) is 6.12. The van der Waals surface area contributed by atoms with Crippen molar-refractivity contribution in [3.05, 3.63) is 0 Å². The Bertz CT molecular complexity index is 309. The first-order valence-electron chi connectivity index (χ1n) is 4.85. The number of fused-ring (bicyclic) bond motifs is 5. The molecule has 1 saturated carbocycles. The van der Waals surface area contributed by atoms with E-state index in [1.165, 1.54) is 0 Å². The largest absolute Gasteiger partial charge is 0.371 e. The van der Waals surface area contributed by atoms with Crippen LogP contribution in [-0.2, 0) is 14.3 Å². The van der Waals surface area contributed by atoms with Crippen molar-refractivity contribution >= 4 is 11.6 Å². The van der Waals surface area contributed by atoms with Crippen LogP contribution in [0.3, 0.4) is 0 Å². The Morgan fingerprint density at radius 3 is 2.85 bits per heavy atom. The van der Waals surface area contributed by atoms with Gasteiger partial charge in [0.1, 0.15) is 11.6 Å². The molecule has 2 heterocycles. The lowest BCUT2D eigenvalue weighted by atomic mass is 9.74. The molecule has 0 radical (unpaired) electrons. The smallest absolute Gasteiger partial charge is 0.147 e. The molecule has 2 bridgehead atoms. The maximum Gasteiger partial charge on any atom is 0.147 e. The summed E-state index contributed by atoms with van der Waals surface area (Å²) in [5.74, 6) is 0.0214. The summed E-state index contributed by atoms with van der Waals surface area (Å²) in [6.07, 6.45) is 2.10. The van der Waals surface area contributed by atoms with E-state index in [-0.39, 0.29) is 41.5 Å². The molecule has 70 valence electrons. The fourth-order valence-electron chi connectivity index (χ4n) is 3.30. The van der Waals surface area contributed by atoms with Gasteiger partial charge in [0.15, 0.2) is 0 Å². The second-order valence-electron chi connectivity index (χ2n) is 4.62. The monoisotopic (exact) mass is 180 g/mol. The van der Waals surface area contributed by atoms with Crippen molar-refractivity contribution in [3.63, 3.8) is 0 Å². The summed E-state index contributed by atoms with van der Waals surface area (Å²) in [6.45, 7) is 1.98. The van der Waals surface area contributed by atoms with Crippen LogP contribution in [0, 0.1) is 11.8 Å². The fourth-order valence-corrected chi connectivity index (χ4v) is 3.30. The summed E-state index contributed by atoms with van der Waals surface area (Å²) in [6, 6.07) is 0. The summed E-state index contributed by atoms with van der Waals surface area (Å²) in [5.41, 5.74) is -0.307. The number of ketones is 2. The number of carbonyl (C=O) groups excluding carboxylic acids is 2. The van der Waals surface area contributed by atoms with Crippen LogP contribution in [0.5, 0.6) is 0 Å². The van der Waals surface area contributed by atoms with Gasteiger partial charge in [-0.25, -0.2) is 0 Å². The van der Waals surface area contributed by atoms with Gasteiger partial charge in [-0.3, -0.25) is 9.59 Å². The lowest BCUT2D eigenvalue weighted by molar-refractivity contribution is -0.127. The Kier molecular flexibility index (Phi) is 1.20. The molecule has 4 atom stereocenters. The second-order valence-corrected chi connectivity index (χ2v) is 4.62. The van der Waals surface area contributed by atoms with Crippen molar-refractivity contribution in [2.75, 3.05) is 0 Å². The fraction of sp³-hybridized carbons (Fsp3) is 0.800. The number of hydrogen-bond donors (Lipinski definition) is 0. The number of Topliss-reactive ketones (excluding diaryl/α,β-unsaturated/α-hetero) is 2. The molecule has 0 N–H and O–H groups in total. The maximum absolute atomic E-state index is 11.6. The minimum atomic E-state index is -0.307. The van der Waals surface area contributed by atoms with Crippen molar-refractivity contribution in [2.45, 2.75) is 37.9 Å². The van der Waals surface area contributed by atoms with Crippen LogP contribution in [-0.4, -0.2) is 23.3 Å². The van der Waals surface area contributed by atoms with Crippen molar-refractivity contribution in [1.29, 1.82) is 0 Å². The third kappa shape index (κ3) is 0.742. The molecular formula is C10H12O3. The summed E-state index contributed by atoms with van der Waals surface area (Å²) >= 11 is 0. The van der Waals surface area contributed by atoms with Gasteiger partial charge in [0.05, 0.1) is 30.0 Å². The molecule has 0 aromatic heterocycles. The van der Waals surface area contributed by atoms with Crippen molar-refractivity contribution < 1.29 is 14.3 Å². The van der Waals surface area contributed by atoms with Crippen LogP contribution in [0.4, 0.5) is 0 Å². The zero-order valence-corrected chi connectivity index (χ0v) is 7.58. The van der Waals surface area contributed by atoms with Crippen LogP contribution < -0.4 is 0 Å². The average Bonchev–Trinajstić information content (AvgIpc) is 2.62. The lowest BCUT2D eigenvalue weighted by Crippen LogP contribution is -2.37. The third-order valence-electron chi connectivity index (χ3n) is 3.83. The Balaban J connectivity index is 2.08. The van der Waals surface area contributed by atoms with E-state index in [0.717, 1.165) is 12.8 Å². The SMILES string of the molecule is C[C@]12CCC(O1)[C@@H]1C(=O)CC(=O)[C@@H]12. The van der Waals surface area contributed by atoms with Crippen molar-refractivity contribution in [2.24, 2.45) is 11.8 Å². The molecule has 3 fully saturated rings. The predicted octanol–water partition coefficient (Wildman–Crippen LogP) is 0.712. The van der Waals surface area contributed by atoms with Crippen LogP contribution in [0.1, 0.15) is 26.2 Å². The Morgan fingerprint density at radius 1 is 1.38 bits per heavy atom. The van der Waals surface area contributed by atoms with Gasteiger partial charge in [0, 0.05) is 0 Å². The highest BCUT2D eigenvalue weighted by Crippen LogP contribution is 2.54. The molecule has 13 heavy (non-hydrogen) atoms. The maximum atomic E-state index is 11.6. The zero-order chi connectivity index (χ0) is 9.22. The van der Waals surface area contributed by atoms with Gasteiger partial charge >= 0.3 is 0 Å². The van der Waals surface area contributed by atoms with E-state index in [4.69, 9.17) is 4.74 Å². The summed E-state index contributed by atoms with van der Waals surface area (Å²) in [4.78, 5) is 23.1. The predicted molar refractivity (Wildman–Crippen MR) is 44.1 cm³/mol. The summed E-state index contributed by atoms with van der Waals surface area (Å²) in [7, 11) is 0. The van der Waals surface area contributed by atoms with Gasteiger partial charge in [0.2, 0.25) is 0 Å². The minimum Gasteiger partial charge on any atom is -0.371 e. The number of carbonyl (C=O) groups is 2. The van der Waals surface area contributed by atoms with Crippen molar-refractivity contribution in [1.82, 2.24) is 0 Å². The van der Waals surface area contributed by atoms with E-state index >= 15 is 0 Å². The van der Waals surface area contributed by atoms with E-state index in [0.29, 0.717) is 0 Å². The van der Waals surface area contributed by atoms with E-state index in [2.05, 4.69) is 0 Å². The second kappa shape index (κ2) is 2.03. The summed E-state index contributed by atoms with van der Waals surface area (Å²) in [5, 5.41) is 0. The van der Waals surface area contributed by atoms with Gasteiger partial charge in [0.25, 0.3) is 0 Å². The first-order valence-corrected chi connectivity index (χ1v) is 4.85. The molecule has 1 unspecified atom stereocenters.